The monoisotopic (exact) mass is 264 g/mol. The highest BCUT2D eigenvalue weighted by atomic mass is 15.3. The van der Waals surface area contributed by atoms with Crippen molar-refractivity contribution in [2.75, 3.05) is 11.4 Å². The van der Waals surface area contributed by atoms with Gasteiger partial charge in [-0.1, -0.05) is 6.92 Å². The Morgan fingerprint density at radius 2 is 1.79 bits per heavy atom. The fourth-order valence-electron chi connectivity index (χ4n) is 1.83. The summed E-state index contributed by atoms with van der Waals surface area (Å²) >= 11 is 0. The quantitative estimate of drug-likeness (QED) is 0.857. The van der Waals surface area contributed by atoms with Crippen molar-refractivity contribution >= 4 is 5.95 Å². The number of nitrogens with one attached hydrogen (secondary N) is 1. The maximum absolute atomic E-state index is 4.49. The molecule has 4 nitrogen and oxygen atoms in total. The van der Waals surface area contributed by atoms with Gasteiger partial charge in [0.2, 0.25) is 5.95 Å². The summed E-state index contributed by atoms with van der Waals surface area (Å²) in [5, 5.41) is 3.44. The summed E-state index contributed by atoms with van der Waals surface area (Å²) in [7, 11) is 0. The smallest absolute Gasteiger partial charge is 0.225 e. The van der Waals surface area contributed by atoms with Crippen LogP contribution in [0.4, 0.5) is 5.95 Å². The predicted molar refractivity (Wildman–Crippen MR) is 81.4 cm³/mol. The highest BCUT2D eigenvalue weighted by Crippen LogP contribution is 2.13. The van der Waals surface area contributed by atoms with E-state index in [1.54, 1.807) is 0 Å². The lowest BCUT2D eigenvalue weighted by Gasteiger charge is -2.27. The van der Waals surface area contributed by atoms with Crippen LogP contribution in [-0.2, 0) is 6.54 Å². The van der Waals surface area contributed by atoms with Crippen LogP contribution in [-0.4, -0.2) is 28.1 Å². The Hall–Kier alpha value is -1.16. The summed E-state index contributed by atoms with van der Waals surface area (Å²) in [5.41, 5.74) is 1.24. The molecule has 0 amide bonds. The molecule has 1 atom stereocenters. The lowest BCUT2D eigenvalue weighted by molar-refractivity contribution is 0.423. The zero-order valence-electron chi connectivity index (χ0n) is 13.2. The minimum absolute atomic E-state index is 0.116. The fourth-order valence-corrected chi connectivity index (χ4v) is 1.83. The van der Waals surface area contributed by atoms with E-state index < -0.39 is 0 Å². The van der Waals surface area contributed by atoms with Gasteiger partial charge in [0.1, 0.15) is 0 Å². The Kier molecular flexibility index (Phi) is 5.73. The van der Waals surface area contributed by atoms with E-state index >= 15 is 0 Å². The van der Waals surface area contributed by atoms with Gasteiger partial charge in [-0.05, 0) is 41.0 Å². The molecule has 1 rings (SSSR count). The first kappa shape index (κ1) is 15.9. The van der Waals surface area contributed by atoms with E-state index in [4.69, 9.17) is 0 Å². The van der Waals surface area contributed by atoms with Gasteiger partial charge < -0.3 is 10.2 Å². The number of rotatable bonds is 6. The van der Waals surface area contributed by atoms with E-state index in [1.807, 2.05) is 12.4 Å². The number of hydrogen-bond acceptors (Lipinski definition) is 4. The Labute approximate surface area is 117 Å². The third kappa shape index (κ3) is 5.15. The van der Waals surface area contributed by atoms with Gasteiger partial charge in [-0.15, -0.1) is 0 Å². The molecule has 19 heavy (non-hydrogen) atoms. The standard InChI is InChI=1S/C15H28N4/c1-7-12(3)19(8-2)14-16-9-13(10-17-14)11-18-15(4,5)6/h9-10,12,18H,7-8,11H2,1-6H3. The van der Waals surface area contributed by atoms with E-state index in [0.717, 1.165) is 31.0 Å². The fraction of sp³-hybridized carbons (Fsp3) is 0.733. The topological polar surface area (TPSA) is 41.1 Å². The van der Waals surface area contributed by atoms with E-state index in [1.165, 1.54) is 0 Å². The van der Waals surface area contributed by atoms with E-state index in [9.17, 15) is 0 Å². The molecule has 0 aliphatic carbocycles. The Morgan fingerprint density at radius 1 is 1.21 bits per heavy atom. The van der Waals surface area contributed by atoms with Crippen molar-refractivity contribution in [3.63, 3.8) is 0 Å². The minimum atomic E-state index is 0.116. The molecular formula is C15H28N4. The first-order valence-electron chi connectivity index (χ1n) is 7.20. The molecule has 0 aromatic carbocycles. The van der Waals surface area contributed by atoms with Gasteiger partial charge in [0.25, 0.3) is 0 Å². The van der Waals surface area contributed by atoms with Crippen LogP contribution in [0.2, 0.25) is 0 Å². The molecule has 1 aromatic heterocycles. The zero-order valence-corrected chi connectivity index (χ0v) is 13.2. The normalized spacial score (nSPS) is 13.4. The van der Waals surface area contributed by atoms with Crippen LogP contribution in [0, 0.1) is 0 Å². The van der Waals surface area contributed by atoms with E-state index in [-0.39, 0.29) is 5.54 Å². The van der Waals surface area contributed by atoms with Gasteiger partial charge in [0, 0.05) is 42.6 Å². The molecule has 0 radical (unpaired) electrons. The molecule has 0 saturated heterocycles. The second-order valence-corrected chi connectivity index (χ2v) is 6.04. The number of nitrogens with zero attached hydrogens (tertiary/aromatic N) is 3. The van der Waals surface area contributed by atoms with Gasteiger partial charge in [0.15, 0.2) is 0 Å². The maximum atomic E-state index is 4.49. The first-order chi connectivity index (χ1) is 8.87. The molecule has 0 aliphatic rings. The minimum Gasteiger partial charge on any atom is -0.338 e. The highest BCUT2D eigenvalue weighted by Gasteiger charge is 2.14. The molecule has 4 heteroatoms. The van der Waals surface area contributed by atoms with Crippen LogP contribution in [0.5, 0.6) is 0 Å². The van der Waals surface area contributed by atoms with Gasteiger partial charge in [0.05, 0.1) is 0 Å². The summed E-state index contributed by atoms with van der Waals surface area (Å²) in [6, 6.07) is 0.476. The predicted octanol–water partition coefficient (Wildman–Crippen LogP) is 2.99. The molecule has 1 unspecified atom stereocenters. The van der Waals surface area contributed by atoms with Crippen molar-refractivity contribution in [2.45, 2.75) is 66.1 Å². The second-order valence-electron chi connectivity index (χ2n) is 6.04. The van der Waals surface area contributed by atoms with Crippen LogP contribution in [0.25, 0.3) is 0 Å². The summed E-state index contributed by atoms with van der Waals surface area (Å²) in [5.74, 6) is 0.830. The Balaban J connectivity index is 2.70. The third-order valence-electron chi connectivity index (χ3n) is 3.23. The molecule has 108 valence electrons. The summed E-state index contributed by atoms with van der Waals surface area (Å²) < 4.78 is 0. The van der Waals surface area contributed by atoms with Crippen LogP contribution >= 0.6 is 0 Å². The van der Waals surface area contributed by atoms with E-state index in [0.29, 0.717) is 6.04 Å². The molecular weight excluding hydrogens is 236 g/mol. The van der Waals surface area contributed by atoms with Crippen molar-refractivity contribution in [1.29, 1.82) is 0 Å². The number of anilines is 1. The molecule has 0 fully saturated rings. The lowest BCUT2D eigenvalue weighted by Crippen LogP contribution is -2.35. The van der Waals surface area contributed by atoms with Crippen molar-refractivity contribution < 1.29 is 0 Å². The molecule has 1 N–H and O–H groups in total. The first-order valence-corrected chi connectivity index (χ1v) is 7.20. The number of aromatic nitrogens is 2. The SMILES string of the molecule is CCC(C)N(CC)c1ncc(CNC(C)(C)C)cn1. The van der Waals surface area contributed by atoms with Crippen LogP contribution in [0.3, 0.4) is 0 Å². The zero-order chi connectivity index (χ0) is 14.5. The molecule has 0 spiro atoms. The maximum Gasteiger partial charge on any atom is 0.225 e. The van der Waals surface area contributed by atoms with Gasteiger partial charge >= 0.3 is 0 Å². The van der Waals surface area contributed by atoms with Crippen LogP contribution in [0.15, 0.2) is 12.4 Å². The van der Waals surface area contributed by atoms with Crippen molar-refractivity contribution in [1.82, 2.24) is 15.3 Å². The molecule has 0 bridgehead atoms. The average Bonchev–Trinajstić information content (AvgIpc) is 2.37. The largest absolute Gasteiger partial charge is 0.338 e. The Bertz CT molecular complexity index is 367. The van der Waals surface area contributed by atoms with Gasteiger partial charge in [-0.3, -0.25) is 0 Å². The van der Waals surface area contributed by atoms with Crippen LogP contribution < -0.4 is 10.2 Å². The van der Waals surface area contributed by atoms with Gasteiger partial charge in [-0.2, -0.15) is 0 Å². The van der Waals surface area contributed by atoms with Crippen molar-refractivity contribution in [2.24, 2.45) is 0 Å². The summed E-state index contributed by atoms with van der Waals surface area (Å²) in [4.78, 5) is 11.2. The highest BCUT2D eigenvalue weighted by molar-refractivity contribution is 5.31. The van der Waals surface area contributed by atoms with Gasteiger partial charge in [-0.25, -0.2) is 9.97 Å². The molecule has 0 saturated carbocycles. The molecule has 1 aromatic rings. The molecule has 0 aliphatic heterocycles. The van der Waals surface area contributed by atoms with Crippen LogP contribution in [0.1, 0.15) is 53.5 Å². The van der Waals surface area contributed by atoms with Crippen molar-refractivity contribution in [3.8, 4) is 0 Å². The third-order valence-corrected chi connectivity index (χ3v) is 3.23. The number of hydrogen-bond donors (Lipinski definition) is 1. The summed E-state index contributed by atoms with van der Waals surface area (Å²) in [6.45, 7) is 14.8. The molecule has 1 heterocycles. The average molecular weight is 264 g/mol. The second kappa shape index (κ2) is 6.85. The summed E-state index contributed by atoms with van der Waals surface area (Å²) in [6.07, 6.45) is 4.95. The lowest BCUT2D eigenvalue weighted by atomic mass is 10.1. The Morgan fingerprint density at radius 3 is 2.21 bits per heavy atom. The van der Waals surface area contributed by atoms with E-state index in [2.05, 4.69) is 61.7 Å². The van der Waals surface area contributed by atoms with Crippen molar-refractivity contribution in [3.05, 3.63) is 18.0 Å².